The molecule has 40 heavy (non-hydrogen) atoms. The lowest BCUT2D eigenvalue weighted by molar-refractivity contribution is 0.0929. The Morgan fingerprint density at radius 1 is 1.18 bits per heavy atom. The molecule has 0 bridgehead atoms. The summed E-state index contributed by atoms with van der Waals surface area (Å²) >= 11 is 13.8. The summed E-state index contributed by atoms with van der Waals surface area (Å²) in [5, 5.41) is 4.45. The molecule has 9 nitrogen and oxygen atoms in total. The fourth-order valence-corrected chi connectivity index (χ4v) is 6.85. The number of benzene rings is 1. The van der Waals surface area contributed by atoms with E-state index in [0.717, 1.165) is 21.2 Å². The van der Waals surface area contributed by atoms with Gasteiger partial charge in [0.05, 0.1) is 18.0 Å². The first kappa shape index (κ1) is 32.4. The quantitative estimate of drug-likeness (QED) is 0.122. The highest BCUT2D eigenvalue weighted by Crippen LogP contribution is 2.44. The van der Waals surface area contributed by atoms with E-state index in [1.807, 2.05) is 45.0 Å². The van der Waals surface area contributed by atoms with Crippen LogP contribution >= 0.6 is 42.6 Å². The lowest BCUT2D eigenvalue weighted by Gasteiger charge is -2.18. The van der Waals surface area contributed by atoms with Crippen molar-refractivity contribution >= 4 is 48.7 Å². The maximum absolute atomic E-state index is 12.8. The predicted octanol–water partition coefficient (Wildman–Crippen LogP) is 7.79. The number of nitrogens with zero attached hydrogens (tertiary/aromatic N) is 2. The van der Waals surface area contributed by atoms with Gasteiger partial charge in [0.2, 0.25) is 0 Å². The molecule has 3 unspecified atom stereocenters. The van der Waals surface area contributed by atoms with E-state index in [1.54, 1.807) is 25.4 Å². The summed E-state index contributed by atoms with van der Waals surface area (Å²) in [7, 11) is -3.73. The summed E-state index contributed by atoms with van der Waals surface area (Å²) < 4.78 is 23.2. The topological polar surface area (TPSA) is 126 Å². The lowest BCUT2D eigenvalue weighted by atomic mass is 10.1. The Morgan fingerprint density at radius 2 is 1.85 bits per heavy atom. The third-order valence-electron chi connectivity index (χ3n) is 5.87. The van der Waals surface area contributed by atoms with E-state index in [2.05, 4.69) is 15.3 Å². The SMILES string of the molecule is CCC(C)OP(=O)(O)CCCNC(=O)OC(Cc1ccncc1)c1nc(Sc2cc(Cl)cc(Cl)c2)c(C(C)C)[nH]1. The molecule has 0 spiro atoms. The van der Waals surface area contributed by atoms with Crippen LogP contribution in [0, 0.1) is 0 Å². The highest BCUT2D eigenvalue weighted by Gasteiger charge is 2.25. The second-order valence-corrected chi connectivity index (χ2v) is 13.5. The number of aromatic nitrogens is 3. The first-order valence-electron chi connectivity index (χ1n) is 13.0. The van der Waals surface area contributed by atoms with Crippen LogP contribution < -0.4 is 5.32 Å². The Kier molecular flexibility index (Phi) is 12.4. The van der Waals surface area contributed by atoms with E-state index in [-0.39, 0.29) is 31.1 Å². The van der Waals surface area contributed by atoms with Crippen LogP contribution in [-0.4, -0.2) is 44.7 Å². The van der Waals surface area contributed by atoms with Crippen LogP contribution in [0.1, 0.15) is 69.6 Å². The van der Waals surface area contributed by atoms with Crippen LogP contribution in [0.25, 0.3) is 0 Å². The fourth-order valence-electron chi connectivity index (χ4n) is 3.69. The zero-order valence-corrected chi connectivity index (χ0v) is 26.1. The molecule has 0 radical (unpaired) electrons. The van der Waals surface area contributed by atoms with Crippen molar-refractivity contribution < 1.29 is 23.5 Å². The summed E-state index contributed by atoms with van der Waals surface area (Å²) in [5.41, 5.74) is 1.80. The van der Waals surface area contributed by atoms with Crippen molar-refractivity contribution in [3.05, 3.63) is 69.9 Å². The van der Waals surface area contributed by atoms with Gasteiger partial charge in [0, 0.05) is 40.3 Å². The predicted molar refractivity (Wildman–Crippen MR) is 159 cm³/mol. The number of hydrogen-bond acceptors (Lipinski definition) is 7. The van der Waals surface area contributed by atoms with E-state index in [1.165, 1.54) is 11.8 Å². The second-order valence-electron chi connectivity index (χ2n) is 9.62. The molecule has 218 valence electrons. The molecular formula is C27H35Cl2N4O5PS. The van der Waals surface area contributed by atoms with E-state index >= 15 is 0 Å². The van der Waals surface area contributed by atoms with Gasteiger partial charge in [-0.1, -0.05) is 55.7 Å². The summed E-state index contributed by atoms with van der Waals surface area (Å²) in [6, 6.07) is 8.99. The van der Waals surface area contributed by atoms with Gasteiger partial charge < -0.3 is 24.5 Å². The molecule has 0 saturated heterocycles. The van der Waals surface area contributed by atoms with Gasteiger partial charge in [-0.2, -0.15) is 0 Å². The maximum Gasteiger partial charge on any atom is 0.407 e. The fraction of sp³-hybridized carbons (Fsp3) is 0.444. The molecule has 3 atom stereocenters. The Morgan fingerprint density at radius 3 is 2.48 bits per heavy atom. The number of H-pyrrole nitrogens is 1. The summed E-state index contributed by atoms with van der Waals surface area (Å²) in [6.07, 6.45) is 2.83. The van der Waals surface area contributed by atoms with Gasteiger partial charge in [0.25, 0.3) is 0 Å². The van der Waals surface area contributed by atoms with Crippen LogP contribution in [-0.2, 0) is 20.2 Å². The summed E-state index contributed by atoms with van der Waals surface area (Å²) in [5.74, 6) is 0.605. The number of ether oxygens (including phenoxy) is 1. The van der Waals surface area contributed by atoms with Crippen molar-refractivity contribution in [3.8, 4) is 0 Å². The average Bonchev–Trinajstić information content (AvgIpc) is 3.30. The van der Waals surface area contributed by atoms with Crippen LogP contribution in [0.3, 0.4) is 0 Å². The molecule has 13 heteroatoms. The molecule has 1 amide bonds. The van der Waals surface area contributed by atoms with Crippen molar-refractivity contribution in [1.82, 2.24) is 20.3 Å². The van der Waals surface area contributed by atoms with Gasteiger partial charge >= 0.3 is 13.7 Å². The largest absolute Gasteiger partial charge is 0.438 e. The van der Waals surface area contributed by atoms with Crippen LogP contribution in [0.5, 0.6) is 0 Å². The van der Waals surface area contributed by atoms with Gasteiger partial charge in [-0.15, -0.1) is 0 Å². The summed E-state index contributed by atoms with van der Waals surface area (Å²) in [4.78, 5) is 35.8. The Balaban J connectivity index is 1.74. The number of aromatic amines is 1. The first-order valence-corrected chi connectivity index (χ1v) is 16.4. The van der Waals surface area contributed by atoms with Crippen LogP contribution in [0.15, 0.2) is 52.6 Å². The van der Waals surface area contributed by atoms with Crippen LogP contribution in [0.4, 0.5) is 4.79 Å². The summed E-state index contributed by atoms with van der Waals surface area (Å²) in [6.45, 7) is 7.86. The van der Waals surface area contributed by atoms with Gasteiger partial charge in [0.15, 0.2) is 6.10 Å². The average molecular weight is 630 g/mol. The van der Waals surface area contributed by atoms with Gasteiger partial charge in [-0.3, -0.25) is 9.55 Å². The normalized spacial score (nSPS) is 14.5. The Bertz CT molecular complexity index is 1290. The maximum atomic E-state index is 12.8. The van der Waals surface area contributed by atoms with Gasteiger partial charge in [-0.05, 0) is 61.6 Å². The second kappa shape index (κ2) is 15.2. The molecule has 0 aliphatic heterocycles. The molecule has 1 aromatic carbocycles. The van der Waals surface area contributed by atoms with Crippen molar-refractivity contribution in [2.45, 2.75) is 75.0 Å². The number of alkyl carbamates (subject to hydrolysis) is 1. The zero-order valence-electron chi connectivity index (χ0n) is 22.9. The molecule has 0 aliphatic rings. The number of carbonyl (C=O) groups excluding carboxylic acids is 1. The molecule has 3 rings (SSSR count). The number of rotatable bonds is 14. The standard InChI is InChI=1S/C27H35Cl2N4O5PS/c1-5-18(4)38-39(35,36)12-6-9-31-27(34)37-23(13-19-7-10-30-11-8-19)25-32-24(17(2)3)26(33-25)40-22-15-20(28)14-21(29)16-22/h7-8,10-11,14-18,23H,5-6,9,12-13H2,1-4H3,(H,31,34)(H,32,33)(H,35,36). The number of amides is 1. The van der Waals surface area contributed by atoms with Crippen molar-refractivity contribution in [3.63, 3.8) is 0 Å². The first-order chi connectivity index (χ1) is 19.0. The van der Waals surface area contributed by atoms with E-state index in [9.17, 15) is 14.3 Å². The number of halogens is 2. The molecule has 3 aromatic rings. The minimum Gasteiger partial charge on any atom is -0.438 e. The Hall–Kier alpha value is -2.07. The van der Waals surface area contributed by atoms with Crippen LogP contribution in [0.2, 0.25) is 10.0 Å². The third-order valence-corrected chi connectivity index (χ3v) is 8.86. The minimum atomic E-state index is -3.73. The molecule has 2 aromatic heterocycles. The van der Waals surface area contributed by atoms with E-state index < -0.39 is 19.8 Å². The molecular weight excluding hydrogens is 594 g/mol. The monoisotopic (exact) mass is 628 g/mol. The highest BCUT2D eigenvalue weighted by molar-refractivity contribution is 7.99. The Labute approximate surface area is 249 Å². The highest BCUT2D eigenvalue weighted by atomic mass is 35.5. The van der Waals surface area contributed by atoms with Crippen molar-refractivity contribution in [2.75, 3.05) is 12.7 Å². The van der Waals surface area contributed by atoms with Gasteiger partial charge in [0.1, 0.15) is 10.9 Å². The lowest BCUT2D eigenvalue weighted by Crippen LogP contribution is -2.28. The number of imidazole rings is 1. The number of pyridine rings is 1. The zero-order chi connectivity index (χ0) is 29.3. The van der Waals surface area contributed by atoms with E-state index in [0.29, 0.717) is 28.7 Å². The van der Waals surface area contributed by atoms with Gasteiger partial charge in [-0.25, -0.2) is 9.78 Å². The van der Waals surface area contributed by atoms with Crippen molar-refractivity contribution in [1.29, 1.82) is 0 Å². The number of nitrogens with one attached hydrogen (secondary N) is 2. The molecule has 0 aliphatic carbocycles. The number of carbonyl (C=O) groups is 1. The minimum absolute atomic E-state index is 0.0674. The van der Waals surface area contributed by atoms with E-state index in [4.69, 9.17) is 37.4 Å². The number of hydrogen-bond donors (Lipinski definition) is 3. The molecule has 2 heterocycles. The third kappa shape index (κ3) is 10.4. The molecule has 0 saturated carbocycles. The molecule has 0 fully saturated rings. The smallest absolute Gasteiger partial charge is 0.407 e. The molecule has 3 N–H and O–H groups in total. The van der Waals surface area contributed by atoms with Crippen molar-refractivity contribution in [2.24, 2.45) is 0 Å².